The van der Waals surface area contributed by atoms with E-state index in [1.54, 1.807) is 0 Å². The molecule has 3 heteroatoms. The van der Waals surface area contributed by atoms with Crippen LogP contribution in [0.4, 0.5) is 0 Å². The van der Waals surface area contributed by atoms with Gasteiger partial charge in [-0.1, -0.05) is 25.1 Å². The van der Waals surface area contributed by atoms with Crippen LogP contribution in [0.3, 0.4) is 0 Å². The molecule has 0 spiro atoms. The molecule has 0 radical (unpaired) electrons. The zero-order valence-electron chi connectivity index (χ0n) is 9.67. The molecule has 3 nitrogen and oxygen atoms in total. The van der Waals surface area contributed by atoms with E-state index < -0.39 is 0 Å². The van der Waals surface area contributed by atoms with E-state index in [9.17, 15) is 0 Å². The first-order chi connectivity index (χ1) is 7.20. The number of amidine groups is 1. The van der Waals surface area contributed by atoms with Crippen LogP contribution < -0.4 is 11.3 Å². The summed E-state index contributed by atoms with van der Waals surface area (Å²) in [7, 11) is 0. The lowest BCUT2D eigenvalue weighted by molar-refractivity contribution is 0.906. The molecule has 0 saturated carbocycles. The summed E-state index contributed by atoms with van der Waals surface area (Å²) < 4.78 is 0. The fourth-order valence-corrected chi connectivity index (χ4v) is 1.44. The lowest BCUT2D eigenvalue weighted by Crippen LogP contribution is -2.32. The molecule has 0 amide bonds. The zero-order valence-corrected chi connectivity index (χ0v) is 9.67. The van der Waals surface area contributed by atoms with Crippen LogP contribution in [0, 0.1) is 13.8 Å². The Hall–Kier alpha value is -1.35. The molecule has 1 aromatic carbocycles. The van der Waals surface area contributed by atoms with Crippen molar-refractivity contribution in [1.29, 1.82) is 0 Å². The summed E-state index contributed by atoms with van der Waals surface area (Å²) in [5.74, 6) is 6.26. The number of benzene rings is 1. The molecule has 0 fully saturated rings. The van der Waals surface area contributed by atoms with Crippen LogP contribution >= 0.6 is 0 Å². The Balaban J connectivity index is 3.07. The maximum absolute atomic E-state index is 5.48. The lowest BCUT2D eigenvalue weighted by Gasteiger charge is -2.10. The third-order valence-electron chi connectivity index (χ3n) is 2.49. The van der Waals surface area contributed by atoms with Gasteiger partial charge in [-0.05, 0) is 31.4 Å². The predicted octanol–water partition coefficient (Wildman–Crippen LogP) is 1.92. The Morgan fingerprint density at radius 3 is 2.73 bits per heavy atom. The van der Waals surface area contributed by atoms with Gasteiger partial charge in [0, 0.05) is 12.1 Å². The molecule has 0 aliphatic heterocycles. The van der Waals surface area contributed by atoms with Gasteiger partial charge in [-0.15, -0.1) is 0 Å². The molecule has 0 aromatic heterocycles. The van der Waals surface area contributed by atoms with Gasteiger partial charge in [0.15, 0.2) is 0 Å². The Bertz CT molecular complexity index is 356. The summed E-state index contributed by atoms with van der Waals surface area (Å²) >= 11 is 0. The molecular weight excluding hydrogens is 186 g/mol. The summed E-state index contributed by atoms with van der Waals surface area (Å²) in [4.78, 5) is 4.41. The molecule has 0 unspecified atom stereocenters. The fourth-order valence-electron chi connectivity index (χ4n) is 1.44. The van der Waals surface area contributed by atoms with Gasteiger partial charge in [-0.2, -0.15) is 0 Å². The molecule has 0 bridgehead atoms. The highest BCUT2D eigenvalue weighted by molar-refractivity contribution is 5.99. The van der Waals surface area contributed by atoms with Crippen LogP contribution in [0.2, 0.25) is 0 Å². The summed E-state index contributed by atoms with van der Waals surface area (Å²) in [6.45, 7) is 7.07. The second kappa shape index (κ2) is 5.51. The van der Waals surface area contributed by atoms with Crippen molar-refractivity contribution < 1.29 is 0 Å². The fraction of sp³-hybridized carbons (Fsp3) is 0.417. The Morgan fingerprint density at radius 2 is 2.13 bits per heavy atom. The highest BCUT2D eigenvalue weighted by atomic mass is 15.2. The molecule has 0 atom stereocenters. The van der Waals surface area contributed by atoms with Crippen molar-refractivity contribution >= 4 is 5.84 Å². The van der Waals surface area contributed by atoms with E-state index in [1.807, 2.05) is 12.1 Å². The number of hydrazine groups is 1. The van der Waals surface area contributed by atoms with Gasteiger partial charge in [-0.3, -0.25) is 4.99 Å². The molecule has 3 N–H and O–H groups in total. The summed E-state index contributed by atoms with van der Waals surface area (Å²) in [6, 6.07) is 6.15. The van der Waals surface area contributed by atoms with Crippen molar-refractivity contribution in [3.05, 3.63) is 34.9 Å². The van der Waals surface area contributed by atoms with Crippen molar-refractivity contribution in [2.24, 2.45) is 10.8 Å². The van der Waals surface area contributed by atoms with E-state index in [2.05, 4.69) is 37.3 Å². The van der Waals surface area contributed by atoms with Crippen LogP contribution in [0.1, 0.15) is 30.0 Å². The number of hydrogen-bond acceptors (Lipinski definition) is 2. The quantitative estimate of drug-likeness (QED) is 0.343. The van der Waals surface area contributed by atoms with Gasteiger partial charge in [0.1, 0.15) is 5.84 Å². The van der Waals surface area contributed by atoms with Crippen molar-refractivity contribution in [3.8, 4) is 0 Å². The summed E-state index contributed by atoms with van der Waals surface area (Å²) in [5.41, 5.74) is 6.24. The first-order valence-electron chi connectivity index (χ1n) is 5.28. The second-order valence-corrected chi connectivity index (χ2v) is 3.62. The molecule has 0 aliphatic carbocycles. The minimum Gasteiger partial charge on any atom is -0.308 e. The maximum Gasteiger partial charge on any atom is 0.142 e. The third-order valence-corrected chi connectivity index (χ3v) is 2.49. The van der Waals surface area contributed by atoms with Gasteiger partial charge in [0.05, 0.1) is 0 Å². The van der Waals surface area contributed by atoms with Crippen LogP contribution in [0.15, 0.2) is 23.2 Å². The Labute approximate surface area is 91.4 Å². The van der Waals surface area contributed by atoms with Gasteiger partial charge < -0.3 is 5.43 Å². The minimum atomic E-state index is 0.776. The number of nitrogens with one attached hydrogen (secondary N) is 1. The lowest BCUT2D eigenvalue weighted by atomic mass is 10.0. The van der Waals surface area contributed by atoms with Gasteiger partial charge in [0.2, 0.25) is 0 Å². The van der Waals surface area contributed by atoms with Crippen molar-refractivity contribution in [2.45, 2.75) is 27.2 Å². The van der Waals surface area contributed by atoms with E-state index >= 15 is 0 Å². The molecule has 82 valence electrons. The third kappa shape index (κ3) is 2.80. The smallest absolute Gasteiger partial charge is 0.142 e. The van der Waals surface area contributed by atoms with Gasteiger partial charge in [0.25, 0.3) is 0 Å². The van der Waals surface area contributed by atoms with E-state index in [1.165, 1.54) is 11.1 Å². The largest absolute Gasteiger partial charge is 0.308 e. The Kier molecular flexibility index (Phi) is 4.31. The van der Waals surface area contributed by atoms with Crippen LogP contribution in [0.25, 0.3) is 0 Å². The normalized spacial score (nSPS) is 11.6. The monoisotopic (exact) mass is 205 g/mol. The van der Waals surface area contributed by atoms with Crippen LogP contribution in [0.5, 0.6) is 0 Å². The zero-order chi connectivity index (χ0) is 11.3. The molecule has 1 aromatic rings. The number of nitrogens with two attached hydrogens (primary N) is 1. The molecule has 0 aliphatic rings. The highest BCUT2D eigenvalue weighted by Gasteiger charge is 2.05. The number of aliphatic imine (C=N–C) groups is 1. The van der Waals surface area contributed by atoms with Gasteiger partial charge in [-0.25, -0.2) is 5.84 Å². The van der Waals surface area contributed by atoms with Crippen LogP contribution in [-0.2, 0) is 0 Å². The molecule has 0 heterocycles. The van der Waals surface area contributed by atoms with Crippen LogP contribution in [-0.4, -0.2) is 12.4 Å². The number of rotatable bonds is 3. The van der Waals surface area contributed by atoms with Crippen molar-refractivity contribution in [1.82, 2.24) is 5.43 Å². The number of aryl methyl sites for hydroxylation is 1. The summed E-state index contributed by atoms with van der Waals surface area (Å²) in [5, 5.41) is 0. The second-order valence-electron chi connectivity index (χ2n) is 3.62. The first kappa shape index (κ1) is 11.7. The van der Waals surface area contributed by atoms with Crippen molar-refractivity contribution in [2.75, 3.05) is 6.54 Å². The first-order valence-corrected chi connectivity index (χ1v) is 5.28. The topological polar surface area (TPSA) is 50.4 Å². The number of nitrogens with zero attached hydrogens (tertiary/aromatic N) is 1. The molecule has 1 rings (SSSR count). The summed E-state index contributed by atoms with van der Waals surface area (Å²) in [6.07, 6.45) is 1.02. The SMILES string of the molecule is CCCN=C(NN)c1cccc(C)c1C. The average Bonchev–Trinajstić information content (AvgIpc) is 2.25. The van der Waals surface area contributed by atoms with E-state index in [4.69, 9.17) is 5.84 Å². The molecular formula is C12H19N3. The molecule has 0 saturated heterocycles. The predicted molar refractivity (Wildman–Crippen MR) is 64.9 cm³/mol. The minimum absolute atomic E-state index is 0.776. The van der Waals surface area contributed by atoms with Gasteiger partial charge >= 0.3 is 0 Å². The van der Waals surface area contributed by atoms with E-state index in [0.717, 1.165) is 24.4 Å². The standard InChI is InChI=1S/C12H19N3/c1-4-8-14-12(15-13)11-7-5-6-9(2)10(11)3/h5-7H,4,8,13H2,1-3H3,(H,14,15). The van der Waals surface area contributed by atoms with E-state index in [-0.39, 0.29) is 0 Å². The Morgan fingerprint density at radius 1 is 1.40 bits per heavy atom. The number of hydrogen-bond donors (Lipinski definition) is 2. The maximum atomic E-state index is 5.48. The van der Waals surface area contributed by atoms with Crippen molar-refractivity contribution in [3.63, 3.8) is 0 Å². The highest BCUT2D eigenvalue weighted by Crippen LogP contribution is 2.12. The molecule has 15 heavy (non-hydrogen) atoms. The van der Waals surface area contributed by atoms with E-state index in [0.29, 0.717) is 0 Å². The average molecular weight is 205 g/mol.